The van der Waals surface area contributed by atoms with Crippen LogP contribution in [-0.2, 0) is 4.74 Å². The summed E-state index contributed by atoms with van der Waals surface area (Å²) in [4.78, 5) is 13.3. The minimum Gasteiger partial charge on any atom is -0.376 e. The minimum atomic E-state index is 0.273. The van der Waals surface area contributed by atoms with E-state index in [2.05, 4.69) is 39.4 Å². The van der Waals surface area contributed by atoms with Gasteiger partial charge in [-0.1, -0.05) is 6.92 Å². The highest BCUT2D eigenvalue weighted by Gasteiger charge is 2.16. The summed E-state index contributed by atoms with van der Waals surface area (Å²) in [6, 6.07) is 6.22. The Hall–Kier alpha value is -2.21. The number of ether oxygens (including phenoxy) is 1. The number of hydrogen-bond acceptors (Lipinski definition) is 6. The maximum atomic E-state index is 5.67. The van der Waals surface area contributed by atoms with Crippen LogP contribution < -0.4 is 10.6 Å². The van der Waals surface area contributed by atoms with Gasteiger partial charge >= 0.3 is 0 Å². The van der Waals surface area contributed by atoms with Gasteiger partial charge in [0.2, 0.25) is 5.95 Å². The second kappa shape index (κ2) is 8.06. The Bertz CT molecular complexity index is 643. The highest BCUT2D eigenvalue weighted by molar-refractivity contribution is 5.63. The van der Waals surface area contributed by atoms with Crippen LogP contribution in [0.3, 0.4) is 0 Å². The lowest BCUT2D eigenvalue weighted by Crippen LogP contribution is -2.20. The Labute approximate surface area is 143 Å². The molecule has 128 valence electrons. The predicted octanol–water partition coefficient (Wildman–Crippen LogP) is 3.34. The molecule has 0 bridgehead atoms. The molecule has 0 unspecified atom stereocenters. The molecule has 1 saturated heterocycles. The largest absolute Gasteiger partial charge is 0.376 e. The van der Waals surface area contributed by atoms with Gasteiger partial charge in [-0.05, 0) is 38.3 Å². The van der Waals surface area contributed by atoms with Crippen molar-refractivity contribution in [3.8, 4) is 11.3 Å². The molecule has 6 heteroatoms. The molecule has 0 spiro atoms. The van der Waals surface area contributed by atoms with E-state index in [-0.39, 0.29) is 6.10 Å². The zero-order chi connectivity index (χ0) is 16.8. The van der Waals surface area contributed by atoms with Crippen LogP contribution in [0.4, 0.5) is 11.8 Å². The van der Waals surface area contributed by atoms with Gasteiger partial charge in [0.25, 0.3) is 0 Å². The number of nitrogens with zero attached hydrogens (tertiary/aromatic N) is 3. The number of nitrogens with one attached hydrogen (secondary N) is 2. The van der Waals surface area contributed by atoms with Crippen molar-refractivity contribution in [2.24, 2.45) is 0 Å². The van der Waals surface area contributed by atoms with Gasteiger partial charge in [-0.2, -0.15) is 4.98 Å². The second-order valence-electron chi connectivity index (χ2n) is 6.17. The summed E-state index contributed by atoms with van der Waals surface area (Å²) in [5, 5.41) is 6.76. The molecule has 0 aliphatic carbocycles. The maximum absolute atomic E-state index is 5.67. The lowest BCUT2D eigenvalue weighted by Gasteiger charge is -2.16. The molecule has 2 atom stereocenters. The molecular formula is C18H25N5O. The Kier molecular flexibility index (Phi) is 5.59. The molecule has 1 fully saturated rings. The summed E-state index contributed by atoms with van der Waals surface area (Å²) in [7, 11) is 0. The summed E-state index contributed by atoms with van der Waals surface area (Å²) < 4.78 is 5.67. The Morgan fingerprint density at radius 2 is 2.12 bits per heavy atom. The van der Waals surface area contributed by atoms with Gasteiger partial charge in [0.15, 0.2) is 0 Å². The lowest BCUT2D eigenvalue weighted by molar-refractivity contribution is 0.120. The van der Waals surface area contributed by atoms with Crippen molar-refractivity contribution in [2.75, 3.05) is 23.8 Å². The normalized spacial score (nSPS) is 18.3. The second-order valence-corrected chi connectivity index (χ2v) is 6.17. The van der Waals surface area contributed by atoms with E-state index in [1.165, 1.54) is 0 Å². The highest BCUT2D eigenvalue weighted by atomic mass is 16.5. The van der Waals surface area contributed by atoms with Crippen molar-refractivity contribution in [3.63, 3.8) is 0 Å². The van der Waals surface area contributed by atoms with E-state index in [1.807, 2.05) is 18.2 Å². The van der Waals surface area contributed by atoms with Crippen molar-refractivity contribution in [1.82, 2.24) is 15.0 Å². The van der Waals surface area contributed by atoms with E-state index in [1.54, 1.807) is 12.4 Å². The summed E-state index contributed by atoms with van der Waals surface area (Å²) in [6.45, 7) is 5.90. The van der Waals surface area contributed by atoms with Crippen molar-refractivity contribution >= 4 is 11.8 Å². The molecular weight excluding hydrogens is 302 g/mol. The Morgan fingerprint density at radius 3 is 2.83 bits per heavy atom. The molecule has 2 aromatic heterocycles. The monoisotopic (exact) mass is 327 g/mol. The van der Waals surface area contributed by atoms with Gasteiger partial charge in [-0.3, -0.25) is 4.98 Å². The van der Waals surface area contributed by atoms with Gasteiger partial charge in [-0.15, -0.1) is 0 Å². The molecule has 2 aromatic rings. The van der Waals surface area contributed by atoms with Crippen LogP contribution in [0.15, 0.2) is 30.6 Å². The average molecular weight is 327 g/mol. The van der Waals surface area contributed by atoms with Crippen molar-refractivity contribution in [2.45, 2.75) is 45.3 Å². The lowest BCUT2D eigenvalue weighted by atomic mass is 10.2. The highest BCUT2D eigenvalue weighted by Crippen LogP contribution is 2.22. The first-order valence-electron chi connectivity index (χ1n) is 8.66. The van der Waals surface area contributed by atoms with E-state index in [0.717, 1.165) is 49.5 Å². The first kappa shape index (κ1) is 16.6. The summed E-state index contributed by atoms with van der Waals surface area (Å²) >= 11 is 0. The number of anilines is 2. The van der Waals surface area contributed by atoms with E-state index < -0.39 is 0 Å². The quantitative estimate of drug-likeness (QED) is 0.812. The first-order valence-corrected chi connectivity index (χ1v) is 8.66. The van der Waals surface area contributed by atoms with Gasteiger partial charge in [-0.25, -0.2) is 4.98 Å². The minimum absolute atomic E-state index is 0.273. The zero-order valence-electron chi connectivity index (χ0n) is 14.3. The van der Waals surface area contributed by atoms with Gasteiger partial charge in [0.05, 0.1) is 11.8 Å². The van der Waals surface area contributed by atoms with Crippen LogP contribution >= 0.6 is 0 Å². The third kappa shape index (κ3) is 4.41. The van der Waals surface area contributed by atoms with Crippen LogP contribution in [0.1, 0.15) is 33.1 Å². The van der Waals surface area contributed by atoms with Gasteiger partial charge < -0.3 is 15.4 Å². The third-order valence-corrected chi connectivity index (χ3v) is 4.22. The zero-order valence-corrected chi connectivity index (χ0v) is 14.3. The van der Waals surface area contributed by atoms with Crippen LogP contribution in [0.25, 0.3) is 11.3 Å². The molecule has 0 aromatic carbocycles. The fraction of sp³-hybridized carbons (Fsp3) is 0.500. The summed E-state index contributed by atoms with van der Waals surface area (Å²) in [6.07, 6.45) is 7.08. The third-order valence-electron chi connectivity index (χ3n) is 4.22. The van der Waals surface area contributed by atoms with Crippen LogP contribution in [0.5, 0.6) is 0 Å². The average Bonchev–Trinajstić information content (AvgIpc) is 3.14. The van der Waals surface area contributed by atoms with E-state index in [4.69, 9.17) is 4.74 Å². The molecule has 1 aliphatic rings. The number of hydrogen-bond donors (Lipinski definition) is 2. The van der Waals surface area contributed by atoms with Crippen LogP contribution in [0.2, 0.25) is 0 Å². The fourth-order valence-electron chi connectivity index (χ4n) is 2.62. The van der Waals surface area contributed by atoms with Crippen LogP contribution in [-0.4, -0.2) is 40.2 Å². The smallest absolute Gasteiger partial charge is 0.225 e. The number of aromatic nitrogens is 3. The molecule has 0 amide bonds. The van der Waals surface area contributed by atoms with E-state index >= 15 is 0 Å². The van der Waals surface area contributed by atoms with E-state index in [0.29, 0.717) is 12.0 Å². The molecule has 6 nitrogen and oxygen atoms in total. The molecule has 24 heavy (non-hydrogen) atoms. The standard InChI is InChI=1S/C18H25N5O/c1-3-13(2)21-18-22-16(14-6-8-19-9-7-14)11-17(23-18)20-12-15-5-4-10-24-15/h6-9,11,13,15H,3-5,10,12H2,1-2H3,(H2,20,21,22,23)/t13-,15+/m1/s1. The van der Waals surface area contributed by atoms with Crippen molar-refractivity contribution in [1.29, 1.82) is 0 Å². The van der Waals surface area contributed by atoms with Crippen molar-refractivity contribution in [3.05, 3.63) is 30.6 Å². The van der Waals surface area contributed by atoms with Crippen LogP contribution in [0, 0.1) is 0 Å². The first-order chi connectivity index (χ1) is 11.7. The van der Waals surface area contributed by atoms with Gasteiger partial charge in [0.1, 0.15) is 5.82 Å². The summed E-state index contributed by atoms with van der Waals surface area (Å²) in [5.41, 5.74) is 1.91. The predicted molar refractivity (Wildman–Crippen MR) is 96.1 cm³/mol. The fourth-order valence-corrected chi connectivity index (χ4v) is 2.62. The SMILES string of the molecule is CC[C@@H](C)Nc1nc(NC[C@@H]2CCCO2)cc(-c2ccncc2)n1. The number of pyridine rings is 1. The van der Waals surface area contributed by atoms with Crippen molar-refractivity contribution < 1.29 is 4.74 Å². The Balaban J connectivity index is 1.81. The molecule has 0 radical (unpaired) electrons. The Morgan fingerprint density at radius 1 is 1.29 bits per heavy atom. The molecule has 1 aliphatic heterocycles. The molecule has 2 N–H and O–H groups in total. The maximum Gasteiger partial charge on any atom is 0.225 e. The van der Waals surface area contributed by atoms with E-state index in [9.17, 15) is 0 Å². The molecule has 0 saturated carbocycles. The number of rotatable bonds is 7. The topological polar surface area (TPSA) is 72.0 Å². The summed E-state index contributed by atoms with van der Waals surface area (Å²) in [5.74, 6) is 1.46. The van der Waals surface area contributed by atoms with Gasteiger partial charge in [0, 0.05) is 43.2 Å². The molecule has 3 heterocycles. The molecule has 3 rings (SSSR count).